The van der Waals surface area contributed by atoms with E-state index >= 15 is 0 Å². The smallest absolute Gasteiger partial charge is 0.266 e. The Kier molecular flexibility index (Phi) is 7.86. The number of carbonyl (C=O) groups excluding carboxylic acids is 2. The first-order chi connectivity index (χ1) is 14.8. The number of benzene rings is 2. The molecule has 160 valence electrons. The quantitative estimate of drug-likeness (QED) is 0.390. The Balaban J connectivity index is 1.50. The highest BCUT2D eigenvalue weighted by Crippen LogP contribution is 2.28. The summed E-state index contributed by atoms with van der Waals surface area (Å²) in [5, 5.41) is 11.0. The zero-order chi connectivity index (χ0) is 22.4. The number of carbonyl (C=O) groups is 2. The van der Waals surface area contributed by atoms with E-state index in [0.717, 1.165) is 0 Å². The molecule has 1 heterocycles. The summed E-state index contributed by atoms with van der Waals surface area (Å²) in [7, 11) is 0. The molecule has 2 amide bonds. The lowest BCUT2D eigenvalue weighted by Gasteiger charge is -2.16. The Morgan fingerprint density at radius 1 is 1.03 bits per heavy atom. The molecule has 0 spiro atoms. The molecular weight excluding hydrogens is 477 g/mol. The molecule has 31 heavy (non-hydrogen) atoms. The molecule has 0 bridgehead atoms. The van der Waals surface area contributed by atoms with Gasteiger partial charge in [-0.3, -0.25) is 14.9 Å². The van der Waals surface area contributed by atoms with Crippen LogP contribution in [-0.4, -0.2) is 23.0 Å². The molecule has 0 saturated heterocycles. The van der Waals surface area contributed by atoms with Crippen molar-refractivity contribution in [3.8, 4) is 5.75 Å². The van der Waals surface area contributed by atoms with Crippen LogP contribution in [0, 0.1) is 0 Å². The van der Waals surface area contributed by atoms with Crippen LogP contribution in [0.15, 0.2) is 60.0 Å². The summed E-state index contributed by atoms with van der Waals surface area (Å²) in [5.41, 5.74) is 1.29. The predicted octanol–water partition coefficient (Wildman–Crippen LogP) is 5.59. The molecule has 0 saturated carbocycles. The van der Waals surface area contributed by atoms with E-state index in [4.69, 9.17) is 40.2 Å². The Labute approximate surface area is 198 Å². The molecular formula is C21H17Cl2N3O3S2. The van der Waals surface area contributed by atoms with Gasteiger partial charge in [-0.05, 0) is 73.1 Å². The number of amides is 2. The largest absolute Gasteiger partial charge is 0.479 e. The maximum absolute atomic E-state index is 12.3. The third-order valence-electron chi connectivity index (χ3n) is 3.95. The summed E-state index contributed by atoms with van der Waals surface area (Å²) in [4.78, 5) is 25.0. The standard InChI is InChI=1S/C21H17Cl2N3O3S2/c1-12(29-17-9-4-13(22)11-16(17)23)19(27)26-21(30)25-15-7-5-14(6-8-15)24-20(28)18-3-2-10-31-18/h2-12H,1H3,(H,24,28)(H2,25,26,27,30). The van der Waals surface area contributed by atoms with Crippen molar-refractivity contribution in [2.45, 2.75) is 13.0 Å². The van der Waals surface area contributed by atoms with Crippen LogP contribution in [0.4, 0.5) is 11.4 Å². The number of hydrogen-bond acceptors (Lipinski definition) is 5. The summed E-state index contributed by atoms with van der Waals surface area (Å²) in [5.74, 6) is -0.274. The van der Waals surface area contributed by atoms with E-state index in [1.165, 1.54) is 17.4 Å². The van der Waals surface area contributed by atoms with Crippen LogP contribution in [0.5, 0.6) is 5.75 Å². The summed E-state index contributed by atoms with van der Waals surface area (Å²) in [6.07, 6.45) is -0.840. The fraction of sp³-hybridized carbons (Fsp3) is 0.0952. The zero-order valence-corrected chi connectivity index (χ0v) is 19.3. The van der Waals surface area contributed by atoms with Crippen molar-refractivity contribution in [3.63, 3.8) is 0 Å². The molecule has 0 aliphatic heterocycles. The second-order valence-electron chi connectivity index (χ2n) is 6.29. The predicted molar refractivity (Wildman–Crippen MR) is 130 cm³/mol. The van der Waals surface area contributed by atoms with Crippen LogP contribution in [0.25, 0.3) is 0 Å². The lowest BCUT2D eigenvalue weighted by atomic mass is 10.2. The molecule has 3 rings (SSSR count). The van der Waals surface area contributed by atoms with Crippen molar-refractivity contribution in [3.05, 3.63) is 74.9 Å². The first-order valence-electron chi connectivity index (χ1n) is 9.00. The van der Waals surface area contributed by atoms with Gasteiger partial charge in [-0.2, -0.15) is 0 Å². The van der Waals surface area contributed by atoms with Gasteiger partial charge in [-0.25, -0.2) is 0 Å². The Bertz CT molecular complexity index is 1090. The van der Waals surface area contributed by atoms with E-state index in [2.05, 4.69) is 16.0 Å². The molecule has 0 radical (unpaired) electrons. The van der Waals surface area contributed by atoms with Crippen LogP contribution >= 0.6 is 46.8 Å². The lowest BCUT2D eigenvalue weighted by molar-refractivity contribution is -0.125. The second kappa shape index (κ2) is 10.6. The molecule has 0 aliphatic rings. The highest BCUT2D eigenvalue weighted by Gasteiger charge is 2.17. The van der Waals surface area contributed by atoms with Gasteiger partial charge in [0.1, 0.15) is 5.75 Å². The number of halogens is 2. The monoisotopic (exact) mass is 493 g/mol. The summed E-state index contributed by atoms with van der Waals surface area (Å²) in [6, 6.07) is 15.2. The highest BCUT2D eigenvalue weighted by atomic mass is 35.5. The maximum Gasteiger partial charge on any atom is 0.266 e. The number of nitrogens with one attached hydrogen (secondary N) is 3. The minimum absolute atomic E-state index is 0.109. The van der Waals surface area contributed by atoms with Crippen molar-refractivity contribution in [1.29, 1.82) is 0 Å². The average Bonchev–Trinajstić information content (AvgIpc) is 3.26. The number of thiocarbonyl (C=S) groups is 1. The summed E-state index contributed by atoms with van der Waals surface area (Å²) in [6.45, 7) is 1.58. The van der Waals surface area contributed by atoms with Crippen LogP contribution in [0.2, 0.25) is 10.0 Å². The zero-order valence-electron chi connectivity index (χ0n) is 16.1. The molecule has 2 aromatic carbocycles. The molecule has 1 unspecified atom stereocenters. The molecule has 0 aliphatic carbocycles. The second-order valence-corrected chi connectivity index (χ2v) is 8.49. The average molecular weight is 494 g/mol. The van der Waals surface area contributed by atoms with E-state index in [-0.39, 0.29) is 11.0 Å². The molecule has 1 atom stereocenters. The van der Waals surface area contributed by atoms with Gasteiger partial charge in [0.05, 0.1) is 9.90 Å². The van der Waals surface area contributed by atoms with Gasteiger partial charge in [0.25, 0.3) is 11.8 Å². The molecule has 10 heteroatoms. The van der Waals surface area contributed by atoms with Crippen molar-refractivity contribution >= 4 is 75.1 Å². The number of ether oxygens (including phenoxy) is 1. The number of anilines is 2. The fourth-order valence-electron chi connectivity index (χ4n) is 2.43. The molecule has 1 aromatic heterocycles. The summed E-state index contributed by atoms with van der Waals surface area (Å²) < 4.78 is 5.57. The van der Waals surface area contributed by atoms with Gasteiger partial charge in [0, 0.05) is 16.4 Å². The van der Waals surface area contributed by atoms with Gasteiger partial charge in [-0.1, -0.05) is 29.3 Å². The Morgan fingerprint density at radius 2 is 1.71 bits per heavy atom. The van der Waals surface area contributed by atoms with Crippen LogP contribution in [0.1, 0.15) is 16.6 Å². The molecule has 3 aromatic rings. The number of thiophene rings is 1. The van der Waals surface area contributed by atoms with E-state index in [1.54, 1.807) is 49.4 Å². The van der Waals surface area contributed by atoms with Gasteiger partial charge < -0.3 is 15.4 Å². The summed E-state index contributed by atoms with van der Waals surface area (Å²) >= 11 is 18.5. The van der Waals surface area contributed by atoms with E-state index < -0.39 is 12.0 Å². The highest BCUT2D eigenvalue weighted by molar-refractivity contribution is 7.80. The first kappa shape index (κ1) is 23.0. The van der Waals surface area contributed by atoms with E-state index in [1.807, 2.05) is 11.4 Å². The SMILES string of the molecule is CC(Oc1ccc(Cl)cc1Cl)C(=O)NC(=S)Nc1ccc(NC(=O)c2cccs2)cc1. The van der Waals surface area contributed by atoms with Crippen LogP contribution < -0.4 is 20.7 Å². The number of hydrogen-bond donors (Lipinski definition) is 3. The van der Waals surface area contributed by atoms with Crippen LogP contribution in [-0.2, 0) is 4.79 Å². The maximum atomic E-state index is 12.3. The normalized spacial score (nSPS) is 11.3. The fourth-order valence-corrected chi connectivity index (χ4v) is 3.72. The van der Waals surface area contributed by atoms with Crippen molar-refractivity contribution < 1.29 is 14.3 Å². The van der Waals surface area contributed by atoms with Crippen molar-refractivity contribution in [2.75, 3.05) is 10.6 Å². The number of rotatable bonds is 6. The van der Waals surface area contributed by atoms with Gasteiger partial charge in [0.2, 0.25) is 0 Å². The van der Waals surface area contributed by atoms with Gasteiger partial charge in [-0.15, -0.1) is 11.3 Å². The van der Waals surface area contributed by atoms with Crippen molar-refractivity contribution in [2.24, 2.45) is 0 Å². The first-order valence-corrected chi connectivity index (χ1v) is 11.0. The topological polar surface area (TPSA) is 79.5 Å². The van der Waals surface area contributed by atoms with Gasteiger partial charge in [0.15, 0.2) is 11.2 Å². The molecule has 6 nitrogen and oxygen atoms in total. The van der Waals surface area contributed by atoms with E-state index in [0.29, 0.717) is 32.0 Å². The Hall–Kier alpha value is -2.65. The minimum Gasteiger partial charge on any atom is -0.479 e. The lowest BCUT2D eigenvalue weighted by Crippen LogP contribution is -2.42. The molecule has 3 N–H and O–H groups in total. The van der Waals surface area contributed by atoms with Crippen LogP contribution in [0.3, 0.4) is 0 Å². The van der Waals surface area contributed by atoms with Crippen molar-refractivity contribution in [1.82, 2.24) is 5.32 Å². The van der Waals surface area contributed by atoms with E-state index in [9.17, 15) is 9.59 Å². The van der Waals surface area contributed by atoms with Gasteiger partial charge >= 0.3 is 0 Å². The minimum atomic E-state index is -0.840. The third-order valence-corrected chi connectivity index (χ3v) is 5.55. The molecule has 0 fully saturated rings. The third kappa shape index (κ3) is 6.67. The Morgan fingerprint density at radius 3 is 2.32 bits per heavy atom.